The van der Waals surface area contributed by atoms with E-state index in [0.717, 1.165) is 12.8 Å². The van der Waals surface area contributed by atoms with Crippen LogP contribution < -0.4 is 0 Å². The molecule has 7 nitrogen and oxygen atoms in total. The van der Waals surface area contributed by atoms with Crippen LogP contribution in [0.1, 0.15) is 12.8 Å². The molecule has 0 spiro atoms. The predicted octanol–water partition coefficient (Wildman–Crippen LogP) is 3.69. The molecule has 0 saturated heterocycles. The van der Waals surface area contributed by atoms with Crippen molar-refractivity contribution in [3.8, 4) is 0 Å². The van der Waals surface area contributed by atoms with Gasteiger partial charge in [0.2, 0.25) is 0 Å². The lowest BCUT2D eigenvalue weighted by atomic mass is 9.92. The maximum Gasteiger partial charge on any atom is 0.0645 e. The predicted molar refractivity (Wildman–Crippen MR) is 99.5 cm³/mol. The summed E-state index contributed by atoms with van der Waals surface area (Å²) >= 11 is 0. The maximum atomic E-state index is 8.25. The first-order chi connectivity index (χ1) is 12.2. The number of azide groups is 1. The Kier molecular flexibility index (Phi) is 16.1. The van der Waals surface area contributed by atoms with Crippen molar-refractivity contribution in [2.75, 3.05) is 59.4 Å². The Labute approximate surface area is 150 Å². The molecule has 0 aromatic rings. The van der Waals surface area contributed by atoms with Crippen LogP contribution in [0, 0.1) is 5.41 Å². The zero-order chi connectivity index (χ0) is 18.6. The van der Waals surface area contributed by atoms with Crippen molar-refractivity contribution in [3.63, 3.8) is 0 Å². The molecule has 0 rings (SSSR count). The van der Waals surface area contributed by atoms with Crippen LogP contribution in [0.5, 0.6) is 0 Å². The highest BCUT2D eigenvalue weighted by molar-refractivity contribution is 4.82. The molecule has 0 atom stereocenters. The largest absolute Gasteiger partial charge is 0.381 e. The fourth-order valence-electron chi connectivity index (χ4n) is 2.05. The molecule has 0 heterocycles. The van der Waals surface area contributed by atoms with Crippen molar-refractivity contribution in [1.29, 1.82) is 0 Å². The third-order valence-electron chi connectivity index (χ3n) is 3.20. The van der Waals surface area contributed by atoms with Crippen LogP contribution in [0.3, 0.4) is 0 Å². The first-order valence-corrected chi connectivity index (χ1v) is 8.39. The number of nitrogens with zero attached hydrogens (tertiary/aromatic N) is 3. The fourth-order valence-corrected chi connectivity index (χ4v) is 2.05. The number of rotatable bonds is 19. The molecule has 0 bridgehead atoms. The van der Waals surface area contributed by atoms with Crippen LogP contribution in [0.2, 0.25) is 0 Å². The second-order valence-corrected chi connectivity index (χ2v) is 5.63. The lowest BCUT2D eigenvalue weighted by Gasteiger charge is -2.32. The normalized spacial score (nSPS) is 10.9. The summed E-state index contributed by atoms with van der Waals surface area (Å²) in [6.07, 6.45) is 6.73. The van der Waals surface area contributed by atoms with E-state index in [9.17, 15) is 0 Å². The molecule has 0 N–H and O–H groups in total. The van der Waals surface area contributed by atoms with Crippen molar-refractivity contribution in [2.45, 2.75) is 12.8 Å². The van der Waals surface area contributed by atoms with Crippen molar-refractivity contribution >= 4 is 0 Å². The summed E-state index contributed by atoms with van der Waals surface area (Å²) in [5.74, 6) is 0. The maximum absolute atomic E-state index is 8.25. The van der Waals surface area contributed by atoms with E-state index in [1.54, 1.807) is 18.2 Å². The lowest BCUT2D eigenvalue weighted by Crippen LogP contribution is -2.42. The van der Waals surface area contributed by atoms with Gasteiger partial charge in [0.15, 0.2) is 0 Å². The van der Waals surface area contributed by atoms with Gasteiger partial charge >= 0.3 is 0 Å². The van der Waals surface area contributed by atoms with E-state index in [2.05, 4.69) is 29.8 Å². The smallest absolute Gasteiger partial charge is 0.0645 e. The summed E-state index contributed by atoms with van der Waals surface area (Å²) in [6, 6.07) is 0. The summed E-state index contributed by atoms with van der Waals surface area (Å²) in [7, 11) is 0. The topological polar surface area (TPSA) is 85.7 Å². The minimum Gasteiger partial charge on any atom is -0.381 e. The number of hydrogen-bond acceptors (Lipinski definition) is 5. The quantitative estimate of drug-likeness (QED) is 0.116. The number of hydrogen-bond donors (Lipinski definition) is 0. The van der Waals surface area contributed by atoms with Gasteiger partial charge in [0.1, 0.15) is 0 Å². The van der Waals surface area contributed by atoms with Gasteiger partial charge in [0.25, 0.3) is 0 Å². The Morgan fingerprint density at radius 3 is 1.72 bits per heavy atom. The van der Waals surface area contributed by atoms with E-state index in [1.807, 2.05) is 0 Å². The minimum atomic E-state index is -0.417. The van der Waals surface area contributed by atoms with Crippen molar-refractivity contribution in [1.82, 2.24) is 0 Å². The minimum absolute atomic E-state index is 0.417. The SMILES string of the molecule is C=CCOCC(COCC=C)(COCC=C)COCCCCN=[N+]=[N-]. The lowest BCUT2D eigenvalue weighted by molar-refractivity contribution is -0.0977. The van der Waals surface area contributed by atoms with E-state index >= 15 is 0 Å². The van der Waals surface area contributed by atoms with Crippen LogP contribution in [-0.2, 0) is 18.9 Å². The highest BCUT2D eigenvalue weighted by atomic mass is 16.5. The van der Waals surface area contributed by atoms with Gasteiger partial charge in [-0.15, -0.1) is 19.7 Å². The first-order valence-electron chi connectivity index (χ1n) is 8.39. The summed E-state index contributed by atoms with van der Waals surface area (Å²) in [4.78, 5) is 2.73. The van der Waals surface area contributed by atoms with E-state index in [1.165, 1.54) is 0 Å². The highest BCUT2D eigenvalue weighted by Gasteiger charge is 2.32. The van der Waals surface area contributed by atoms with Gasteiger partial charge in [-0.2, -0.15) is 0 Å². The van der Waals surface area contributed by atoms with Crippen LogP contribution in [0.15, 0.2) is 43.1 Å². The van der Waals surface area contributed by atoms with Crippen molar-refractivity contribution < 1.29 is 18.9 Å². The Morgan fingerprint density at radius 2 is 1.28 bits per heavy atom. The Balaban J connectivity index is 4.57. The van der Waals surface area contributed by atoms with Gasteiger partial charge in [0, 0.05) is 18.1 Å². The third kappa shape index (κ3) is 13.3. The Bertz CT molecular complexity index is 373. The average molecular weight is 353 g/mol. The molecule has 25 heavy (non-hydrogen) atoms. The fraction of sp³-hybridized carbons (Fsp3) is 0.667. The molecular weight excluding hydrogens is 322 g/mol. The first kappa shape index (κ1) is 23.4. The van der Waals surface area contributed by atoms with Crippen LogP contribution in [-0.4, -0.2) is 59.4 Å². The van der Waals surface area contributed by atoms with Gasteiger partial charge in [-0.25, -0.2) is 0 Å². The van der Waals surface area contributed by atoms with Gasteiger partial charge < -0.3 is 18.9 Å². The molecule has 0 aromatic heterocycles. The Hall–Kier alpha value is -1.63. The standard InChI is InChI=1S/C18H31N3O4/c1-4-10-22-14-18(15-23-11-5-2,16-24-12-6-3)17-25-13-8-7-9-20-21-19/h4-6H,1-3,7-17H2. The molecule has 0 aliphatic carbocycles. The van der Waals surface area contributed by atoms with E-state index < -0.39 is 5.41 Å². The summed E-state index contributed by atoms with van der Waals surface area (Å²) in [5.41, 5.74) is 7.83. The molecule has 0 radical (unpaired) electrons. The average Bonchev–Trinajstić information content (AvgIpc) is 2.61. The zero-order valence-electron chi connectivity index (χ0n) is 15.1. The van der Waals surface area contributed by atoms with Crippen LogP contribution in [0.4, 0.5) is 0 Å². The molecule has 142 valence electrons. The van der Waals surface area contributed by atoms with Gasteiger partial charge in [-0.3, -0.25) is 0 Å². The molecule has 0 saturated carbocycles. The van der Waals surface area contributed by atoms with E-state index in [0.29, 0.717) is 59.4 Å². The number of unbranched alkanes of at least 4 members (excludes halogenated alkanes) is 1. The van der Waals surface area contributed by atoms with Crippen molar-refractivity contribution in [3.05, 3.63) is 48.4 Å². The molecule has 0 aliphatic heterocycles. The molecule has 0 aromatic carbocycles. The second kappa shape index (κ2) is 17.2. The third-order valence-corrected chi connectivity index (χ3v) is 3.20. The summed E-state index contributed by atoms with van der Waals surface area (Å²) < 4.78 is 22.8. The summed E-state index contributed by atoms with van der Waals surface area (Å²) in [6.45, 7) is 15.2. The van der Waals surface area contributed by atoms with Crippen LogP contribution >= 0.6 is 0 Å². The molecular formula is C18H31N3O4. The molecule has 0 fully saturated rings. The van der Waals surface area contributed by atoms with E-state index in [4.69, 9.17) is 24.5 Å². The van der Waals surface area contributed by atoms with Gasteiger partial charge in [0.05, 0.1) is 51.7 Å². The van der Waals surface area contributed by atoms with E-state index in [-0.39, 0.29) is 0 Å². The van der Waals surface area contributed by atoms with Crippen molar-refractivity contribution in [2.24, 2.45) is 10.5 Å². The molecule has 0 amide bonds. The van der Waals surface area contributed by atoms with Crippen LogP contribution in [0.25, 0.3) is 10.4 Å². The zero-order valence-corrected chi connectivity index (χ0v) is 15.1. The molecule has 7 heteroatoms. The molecule has 0 aliphatic rings. The van der Waals surface area contributed by atoms with Gasteiger partial charge in [-0.05, 0) is 18.4 Å². The molecule has 0 unspecified atom stereocenters. The van der Waals surface area contributed by atoms with Gasteiger partial charge in [-0.1, -0.05) is 23.3 Å². The Morgan fingerprint density at radius 1 is 0.800 bits per heavy atom. The second-order valence-electron chi connectivity index (χ2n) is 5.63. The number of ether oxygens (including phenoxy) is 4. The monoisotopic (exact) mass is 353 g/mol. The highest BCUT2D eigenvalue weighted by Crippen LogP contribution is 2.21. The summed E-state index contributed by atoms with van der Waals surface area (Å²) in [5, 5.41) is 3.50.